The van der Waals surface area contributed by atoms with Crippen LogP contribution in [0.15, 0.2) is 42.5 Å². The van der Waals surface area contributed by atoms with E-state index in [1.807, 2.05) is 0 Å². The maximum absolute atomic E-state index is 13.3. The summed E-state index contributed by atoms with van der Waals surface area (Å²) in [4.78, 5) is 23.5. The molecule has 4 N–H and O–H groups in total. The molecule has 0 aromatic heterocycles. The highest BCUT2D eigenvalue weighted by Gasteiger charge is 2.12. The molecule has 0 heterocycles. The molecule has 1 atom stereocenters. The van der Waals surface area contributed by atoms with Gasteiger partial charge in [-0.15, -0.1) is 0 Å². The summed E-state index contributed by atoms with van der Waals surface area (Å²) in [5.74, 6) is -0.570. The average molecular weight is 455 g/mol. The van der Waals surface area contributed by atoms with Gasteiger partial charge in [0, 0.05) is 12.6 Å². The molecule has 31 heavy (non-hydrogen) atoms. The highest BCUT2D eigenvalue weighted by Crippen LogP contribution is 2.20. The van der Waals surface area contributed by atoms with E-state index >= 15 is 0 Å². The smallest absolute Gasteiger partial charge is 0.257 e. The fourth-order valence-corrected chi connectivity index (χ4v) is 2.55. The first-order chi connectivity index (χ1) is 14.8. The van der Waals surface area contributed by atoms with E-state index in [1.165, 1.54) is 24.3 Å². The number of halogens is 2. The highest BCUT2D eigenvalue weighted by molar-refractivity contribution is 6.30. The minimum absolute atomic E-state index is 0.0420. The van der Waals surface area contributed by atoms with Gasteiger partial charge in [-0.1, -0.05) is 11.6 Å². The van der Waals surface area contributed by atoms with Crippen molar-refractivity contribution in [1.29, 1.82) is 0 Å². The number of aliphatic hydroxyl groups excluding tert-OH is 1. The van der Waals surface area contributed by atoms with Gasteiger partial charge < -0.3 is 30.3 Å². The number of carbonyl (C=O) groups is 2. The monoisotopic (exact) mass is 454 g/mol. The SMILES string of the molecule is O=C(COc1ccc(Cl)c(F)c1)NCCC(O)CC(=O)NCCOc1ccc(O)cc1. The fourth-order valence-electron chi connectivity index (χ4n) is 2.43. The molecule has 0 saturated carbocycles. The van der Waals surface area contributed by atoms with E-state index in [1.54, 1.807) is 12.1 Å². The van der Waals surface area contributed by atoms with Crippen molar-refractivity contribution in [1.82, 2.24) is 10.6 Å². The summed E-state index contributed by atoms with van der Waals surface area (Å²) in [6.45, 7) is 0.320. The van der Waals surface area contributed by atoms with Gasteiger partial charge in [0.25, 0.3) is 5.91 Å². The summed E-state index contributed by atoms with van der Waals surface area (Å²) >= 11 is 5.57. The first-order valence-corrected chi connectivity index (χ1v) is 9.92. The number of nitrogens with one attached hydrogen (secondary N) is 2. The van der Waals surface area contributed by atoms with Crippen LogP contribution in [0.5, 0.6) is 17.2 Å². The zero-order chi connectivity index (χ0) is 22.6. The lowest BCUT2D eigenvalue weighted by Gasteiger charge is -2.12. The number of hydrogen-bond donors (Lipinski definition) is 4. The summed E-state index contributed by atoms with van der Waals surface area (Å²) in [6, 6.07) is 10.0. The van der Waals surface area contributed by atoms with E-state index in [9.17, 15) is 24.2 Å². The van der Waals surface area contributed by atoms with Gasteiger partial charge in [0.2, 0.25) is 5.91 Å². The third-order valence-electron chi connectivity index (χ3n) is 4.01. The van der Waals surface area contributed by atoms with Crippen molar-refractivity contribution in [3.63, 3.8) is 0 Å². The Balaban J connectivity index is 1.53. The number of phenolic OH excluding ortho intramolecular Hbond substituents is 1. The summed E-state index contributed by atoms with van der Waals surface area (Å²) in [5.41, 5.74) is 0. The summed E-state index contributed by atoms with van der Waals surface area (Å²) in [6.07, 6.45) is -0.862. The van der Waals surface area contributed by atoms with Crippen LogP contribution in [0, 0.1) is 5.82 Å². The van der Waals surface area contributed by atoms with E-state index in [2.05, 4.69) is 10.6 Å². The normalized spacial score (nSPS) is 11.5. The maximum atomic E-state index is 13.3. The molecule has 8 nitrogen and oxygen atoms in total. The van der Waals surface area contributed by atoms with Crippen LogP contribution in [0.4, 0.5) is 4.39 Å². The largest absolute Gasteiger partial charge is 0.508 e. The van der Waals surface area contributed by atoms with Crippen LogP contribution >= 0.6 is 11.6 Å². The first-order valence-electron chi connectivity index (χ1n) is 9.54. The molecule has 168 valence electrons. The minimum atomic E-state index is -0.926. The predicted molar refractivity (Wildman–Crippen MR) is 112 cm³/mol. The minimum Gasteiger partial charge on any atom is -0.508 e. The molecule has 0 bridgehead atoms. The molecule has 0 aliphatic carbocycles. The summed E-state index contributed by atoms with van der Waals surface area (Å²) < 4.78 is 23.9. The molecule has 2 amide bonds. The molecule has 0 spiro atoms. The molecule has 1 unspecified atom stereocenters. The molecule has 0 radical (unpaired) electrons. The number of aliphatic hydroxyl groups is 1. The maximum Gasteiger partial charge on any atom is 0.257 e. The quantitative estimate of drug-likeness (QED) is 0.364. The Hall–Kier alpha value is -3.04. The number of aromatic hydroxyl groups is 1. The van der Waals surface area contributed by atoms with Crippen LogP contribution in [-0.4, -0.2) is 54.4 Å². The van der Waals surface area contributed by atoms with Crippen molar-refractivity contribution in [3.05, 3.63) is 53.3 Å². The van der Waals surface area contributed by atoms with Gasteiger partial charge in [0.15, 0.2) is 6.61 Å². The summed E-state index contributed by atoms with van der Waals surface area (Å²) in [7, 11) is 0. The molecule has 10 heteroatoms. The van der Waals surface area contributed by atoms with Gasteiger partial charge in [-0.05, 0) is 42.8 Å². The molecule has 2 aromatic rings. The van der Waals surface area contributed by atoms with Gasteiger partial charge in [-0.3, -0.25) is 9.59 Å². The lowest BCUT2D eigenvalue weighted by Crippen LogP contribution is -2.34. The average Bonchev–Trinajstić information content (AvgIpc) is 2.73. The standard InChI is InChI=1S/C21H24ClFN2O6/c22-18-6-5-17(12-19(18)23)31-13-21(29)24-8-7-15(27)11-20(28)25-9-10-30-16-3-1-14(26)2-4-16/h1-6,12,15,26-27H,7-11,13H2,(H,24,29)(H,25,28). The Morgan fingerprint density at radius 3 is 2.39 bits per heavy atom. The number of hydrogen-bond acceptors (Lipinski definition) is 6. The lowest BCUT2D eigenvalue weighted by atomic mass is 10.2. The molecule has 2 rings (SSSR count). The third-order valence-corrected chi connectivity index (χ3v) is 4.32. The van der Waals surface area contributed by atoms with Crippen LogP contribution in [-0.2, 0) is 9.59 Å². The van der Waals surface area contributed by atoms with E-state index < -0.39 is 17.8 Å². The van der Waals surface area contributed by atoms with Gasteiger partial charge in [0.1, 0.15) is 29.7 Å². The molecule has 0 saturated heterocycles. The zero-order valence-corrected chi connectivity index (χ0v) is 17.4. The predicted octanol–water partition coefficient (Wildman–Crippen LogP) is 2.02. The second-order valence-electron chi connectivity index (χ2n) is 6.55. The van der Waals surface area contributed by atoms with Crippen molar-refractivity contribution in [2.24, 2.45) is 0 Å². The van der Waals surface area contributed by atoms with E-state index in [-0.39, 0.29) is 61.6 Å². The van der Waals surface area contributed by atoms with E-state index in [0.717, 1.165) is 6.07 Å². The topological polar surface area (TPSA) is 117 Å². The number of phenols is 1. The number of ether oxygens (including phenoxy) is 2. The Kier molecular flexibility index (Phi) is 9.86. The number of amides is 2. The van der Waals surface area contributed by atoms with Crippen LogP contribution in [0.3, 0.4) is 0 Å². The van der Waals surface area contributed by atoms with Crippen molar-refractivity contribution < 1.29 is 33.7 Å². The number of rotatable bonds is 12. The second-order valence-corrected chi connectivity index (χ2v) is 6.96. The van der Waals surface area contributed by atoms with E-state index in [4.69, 9.17) is 21.1 Å². The lowest BCUT2D eigenvalue weighted by molar-refractivity contribution is -0.123. The Labute approximate surface area is 183 Å². The zero-order valence-electron chi connectivity index (χ0n) is 16.6. The third kappa shape index (κ3) is 9.54. The van der Waals surface area contributed by atoms with Crippen LogP contribution in [0.1, 0.15) is 12.8 Å². The fraction of sp³-hybridized carbons (Fsp3) is 0.333. The van der Waals surface area contributed by atoms with Gasteiger partial charge in [-0.25, -0.2) is 4.39 Å². The second kappa shape index (κ2) is 12.6. The molecule has 0 aliphatic rings. The van der Waals surface area contributed by atoms with Gasteiger partial charge >= 0.3 is 0 Å². The summed E-state index contributed by atoms with van der Waals surface area (Å²) in [5, 5.41) is 24.2. The number of benzene rings is 2. The molecular weight excluding hydrogens is 431 g/mol. The van der Waals surface area contributed by atoms with Crippen molar-refractivity contribution in [3.8, 4) is 17.2 Å². The Morgan fingerprint density at radius 1 is 1.00 bits per heavy atom. The van der Waals surface area contributed by atoms with Crippen LogP contribution < -0.4 is 20.1 Å². The van der Waals surface area contributed by atoms with Crippen molar-refractivity contribution in [2.75, 3.05) is 26.3 Å². The molecule has 0 aliphatic heterocycles. The van der Waals surface area contributed by atoms with Crippen LogP contribution in [0.2, 0.25) is 5.02 Å². The first kappa shape index (κ1) is 24.2. The molecule has 2 aromatic carbocycles. The van der Waals surface area contributed by atoms with E-state index in [0.29, 0.717) is 5.75 Å². The van der Waals surface area contributed by atoms with Crippen molar-refractivity contribution >= 4 is 23.4 Å². The Morgan fingerprint density at radius 2 is 1.68 bits per heavy atom. The number of carbonyl (C=O) groups excluding carboxylic acids is 2. The molecule has 0 fully saturated rings. The van der Waals surface area contributed by atoms with Crippen LogP contribution in [0.25, 0.3) is 0 Å². The van der Waals surface area contributed by atoms with Crippen molar-refractivity contribution in [2.45, 2.75) is 18.9 Å². The Bertz CT molecular complexity index is 865. The van der Waals surface area contributed by atoms with Gasteiger partial charge in [0.05, 0.1) is 24.1 Å². The van der Waals surface area contributed by atoms with Gasteiger partial charge in [-0.2, -0.15) is 0 Å². The molecular formula is C21H24ClFN2O6. The highest BCUT2D eigenvalue weighted by atomic mass is 35.5.